The zero-order chi connectivity index (χ0) is 14.6. The zero-order valence-corrected chi connectivity index (χ0v) is 12.0. The summed E-state index contributed by atoms with van der Waals surface area (Å²) in [5, 5.41) is 2.22. The number of sulfone groups is 1. The Morgan fingerprint density at radius 1 is 1.30 bits per heavy atom. The summed E-state index contributed by atoms with van der Waals surface area (Å²) in [7, 11) is -3.19. The van der Waals surface area contributed by atoms with E-state index in [1.807, 2.05) is 0 Å². The zero-order valence-electron chi connectivity index (χ0n) is 11.1. The van der Waals surface area contributed by atoms with E-state index in [2.05, 4.69) is 5.32 Å². The molecule has 0 atom stereocenters. The minimum absolute atomic E-state index is 0.0879. The fourth-order valence-corrected chi connectivity index (χ4v) is 4.29. The Hall–Kier alpha value is -1.43. The van der Waals surface area contributed by atoms with E-state index in [9.17, 15) is 17.6 Å². The van der Waals surface area contributed by atoms with Crippen molar-refractivity contribution in [2.24, 2.45) is 0 Å². The molecule has 0 aliphatic heterocycles. The summed E-state index contributed by atoms with van der Waals surface area (Å²) in [5.41, 5.74) is 0.341. The maximum atomic E-state index is 12.9. The van der Waals surface area contributed by atoms with E-state index in [1.54, 1.807) is 6.07 Å². The molecule has 0 bridgehead atoms. The van der Waals surface area contributed by atoms with Gasteiger partial charge in [-0.1, -0.05) is 18.9 Å². The van der Waals surface area contributed by atoms with Crippen molar-refractivity contribution < 1.29 is 17.6 Å². The molecule has 0 spiro atoms. The SMILES string of the molecule is O=C(CCS(=O)(=O)C1CCCC1)Nc1cccc(F)c1. The molecule has 0 unspecified atom stereocenters. The summed E-state index contributed by atoms with van der Waals surface area (Å²) in [6.07, 6.45) is 3.20. The van der Waals surface area contributed by atoms with Crippen LogP contribution < -0.4 is 5.32 Å². The van der Waals surface area contributed by atoms with Crippen LogP contribution in [0.15, 0.2) is 24.3 Å². The Bertz CT molecular complexity index is 580. The molecule has 1 aliphatic rings. The lowest BCUT2D eigenvalue weighted by atomic mass is 10.3. The van der Waals surface area contributed by atoms with Gasteiger partial charge in [-0.25, -0.2) is 12.8 Å². The molecule has 6 heteroatoms. The highest BCUT2D eigenvalue weighted by atomic mass is 32.2. The van der Waals surface area contributed by atoms with Crippen molar-refractivity contribution in [2.45, 2.75) is 37.4 Å². The second kappa shape index (κ2) is 6.35. The van der Waals surface area contributed by atoms with Gasteiger partial charge in [0, 0.05) is 12.1 Å². The predicted molar refractivity (Wildman–Crippen MR) is 75.7 cm³/mol. The summed E-state index contributed by atoms with van der Waals surface area (Å²) in [6, 6.07) is 5.52. The topological polar surface area (TPSA) is 63.2 Å². The number of benzene rings is 1. The van der Waals surface area contributed by atoms with E-state index in [0.29, 0.717) is 18.5 Å². The third-order valence-corrected chi connectivity index (χ3v) is 5.79. The fourth-order valence-electron chi connectivity index (χ4n) is 2.44. The van der Waals surface area contributed by atoms with Crippen LogP contribution in [0.25, 0.3) is 0 Å². The van der Waals surface area contributed by atoms with Crippen molar-refractivity contribution >= 4 is 21.4 Å². The summed E-state index contributed by atoms with van der Waals surface area (Å²) in [5.74, 6) is -0.989. The number of amides is 1. The van der Waals surface area contributed by atoms with Crippen LogP contribution in [0, 0.1) is 5.82 Å². The van der Waals surface area contributed by atoms with Crippen LogP contribution in [-0.2, 0) is 14.6 Å². The van der Waals surface area contributed by atoms with Gasteiger partial charge in [-0.05, 0) is 31.0 Å². The first kappa shape index (κ1) is 15.0. The normalized spacial score (nSPS) is 16.2. The van der Waals surface area contributed by atoms with E-state index in [4.69, 9.17) is 0 Å². The highest BCUT2D eigenvalue weighted by molar-refractivity contribution is 7.92. The Kier molecular flexibility index (Phi) is 4.75. The van der Waals surface area contributed by atoms with E-state index in [-0.39, 0.29) is 17.4 Å². The van der Waals surface area contributed by atoms with Gasteiger partial charge in [0.2, 0.25) is 5.91 Å². The Balaban J connectivity index is 1.86. The Morgan fingerprint density at radius 3 is 2.65 bits per heavy atom. The minimum Gasteiger partial charge on any atom is -0.326 e. The first-order chi connectivity index (χ1) is 9.47. The molecule has 1 saturated carbocycles. The lowest BCUT2D eigenvalue weighted by Gasteiger charge is -2.11. The molecular formula is C14H18FNO3S. The standard InChI is InChI=1S/C14H18FNO3S/c15-11-4-3-5-12(10-11)16-14(17)8-9-20(18,19)13-6-1-2-7-13/h3-5,10,13H,1-2,6-9H2,(H,16,17). The van der Waals surface area contributed by atoms with Gasteiger partial charge in [-0.2, -0.15) is 0 Å². The molecule has 0 aromatic heterocycles. The summed E-state index contributed by atoms with van der Waals surface area (Å²) in [6.45, 7) is 0. The van der Waals surface area contributed by atoms with Crippen LogP contribution in [-0.4, -0.2) is 25.3 Å². The molecule has 4 nitrogen and oxygen atoms in total. The van der Waals surface area contributed by atoms with E-state index in [1.165, 1.54) is 18.2 Å². The largest absolute Gasteiger partial charge is 0.326 e. The summed E-state index contributed by atoms with van der Waals surface area (Å²) in [4.78, 5) is 11.7. The number of hydrogen-bond acceptors (Lipinski definition) is 3. The van der Waals surface area contributed by atoms with Crippen molar-refractivity contribution in [3.63, 3.8) is 0 Å². The summed E-state index contributed by atoms with van der Waals surface area (Å²) < 4.78 is 37.0. The first-order valence-electron chi connectivity index (χ1n) is 6.74. The molecule has 1 aliphatic carbocycles. The third kappa shape index (κ3) is 4.03. The van der Waals surface area contributed by atoms with Crippen molar-refractivity contribution in [3.05, 3.63) is 30.1 Å². The number of nitrogens with one attached hydrogen (secondary N) is 1. The molecule has 1 aromatic carbocycles. The number of carbonyl (C=O) groups excluding carboxylic acids is 1. The van der Waals surface area contributed by atoms with Gasteiger partial charge >= 0.3 is 0 Å². The first-order valence-corrected chi connectivity index (χ1v) is 8.46. The van der Waals surface area contributed by atoms with Gasteiger partial charge in [0.15, 0.2) is 9.84 Å². The van der Waals surface area contributed by atoms with Crippen LogP contribution in [0.2, 0.25) is 0 Å². The number of anilines is 1. The van der Waals surface area contributed by atoms with Gasteiger partial charge in [-0.3, -0.25) is 4.79 Å². The maximum absolute atomic E-state index is 12.9. The van der Waals surface area contributed by atoms with Crippen molar-refractivity contribution in [3.8, 4) is 0 Å². The van der Waals surface area contributed by atoms with Crippen molar-refractivity contribution in [1.82, 2.24) is 0 Å². The maximum Gasteiger partial charge on any atom is 0.225 e. The van der Waals surface area contributed by atoms with Crippen LogP contribution in [0.3, 0.4) is 0 Å². The summed E-state index contributed by atoms with van der Waals surface area (Å²) >= 11 is 0. The monoisotopic (exact) mass is 299 g/mol. The van der Waals surface area contributed by atoms with Crippen LogP contribution in [0.5, 0.6) is 0 Å². The second-order valence-electron chi connectivity index (χ2n) is 5.08. The average molecular weight is 299 g/mol. The molecule has 0 heterocycles. The Labute approximate surface area is 118 Å². The number of hydrogen-bond donors (Lipinski definition) is 1. The van der Waals surface area contributed by atoms with Crippen LogP contribution in [0.1, 0.15) is 32.1 Å². The average Bonchev–Trinajstić information content (AvgIpc) is 2.91. The quantitative estimate of drug-likeness (QED) is 0.908. The van der Waals surface area contributed by atoms with Gasteiger partial charge in [-0.15, -0.1) is 0 Å². The molecule has 20 heavy (non-hydrogen) atoms. The lowest BCUT2D eigenvalue weighted by molar-refractivity contribution is -0.115. The van der Waals surface area contributed by atoms with E-state index < -0.39 is 21.6 Å². The molecule has 1 N–H and O–H groups in total. The smallest absolute Gasteiger partial charge is 0.225 e. The molecular weight excluding hydrogens is 281 g/mol. The third-order valence-electron chi connectivity index (χ3n) is 3.53. The highest BCUT2D eigenvalue weighted by Gasteiger charge is 2.28. The Morgan fingerprint density at radius 2 is 2.00 bits per heavy atom. The molecule has 2 rings (SSSR count). The van der Waals surface area contributed by atoms with Gasteiger partial charge in [0.05, 0.1) is 11.0 Å². The molecule has 0 saturated heterocycles. The van der Waals surface area contributed by atoms with Gasteiger partial charge < -0.3 is 5.32 Å². The second-order valence-corrected chi connectivity index (χ2v) is 7.48. The number of rotatable bonds is 5. The fraction of sp³-hybridized carbons (Fsp3) is 0.500. The predicted octanol–water partition coefficient (Wildman–Crippen LogP) is 2.51. The molecule has 1 aromatic rings. The van der Waals surface area contributed by atoms with Gasteiger partial charge in [0.1, 0.15) is 5.82 Å². The lowest BCUT2D eigenvalue weighted by Crippen LogP contribution is -2.24. The van der Waals surface area contributed by atoms with Crippen LogP contribution in [0.4, 0.5) is 10.1 Å². The highest BCUT2D eigenvalue weighted by Crippen LogP contribution is 2.25. The van der Waals surface area contributed by atoms with Gasteiger partial charge in [0.25, 0.3) is 0 Å². The van der Waals surface area contributed by atoms with E-state index in [0.717, 1.165) is 12.8 Å². The molecule has 110 valence electrons. The van der Waals surface area contributed by atoms with Crippen LogP contribution >= 0.6 is 0 Å². The van der Waals surface area contributed by atoms with Crippen molar-refractivity contribution in [2.75, 3.05) is 11.1 Å². The van der Waals surface area contributed by atoms with Crippen molar-refractivity contribution in [1.29, 1.82) is 0 Å². The van der Waals surface area contributed by atoms with E-state index >= 15 is 0 Å². The minimum atomic E-state index is -3.19. The number of carbonyl (C=O) groups is 1. The molecule has 1 amide bonds. The molecule has 1 fully saturated rings. The molecule has 0 radical (unpaired) electrons. The number of halogens is 1.